The Labute approximate surface area is 101 Å². The zero-order valence-corrected chi connectivity index (χ0v) is 10.2. The summed E-state index contributed by atoms with van der Waals surface area (Å²) in [5.74, 6) is 0.130. The Morgan fingerprint density at radius 3 is 3.06 bits per heavy atom. The molecule has 6 unspecified atom stereocenters. The predicted octanol–water partition coefficient (Wildman–Crippen LogP) is 0.747. The monoisotopic (exact) mass is 238 g/mol. The molecule has 0 spiro atoms. The van der Waals surface area contributed by atoms with Gasteiger partial charge in [0.15, 0.2) is 0 Å². The van der Waals surface area contributed by atoms with Gasteiger partial charge in [0.05, 0.1) is 25.9 Å². The maximum absolute atomic E-state index is 11.5. The third-order valence-electron chi connectivity index (χ3n) is 5.06. The molecule has 4 nitrogen and oxygen atoms in total. The SMILES string of the molecule is C=C1C2C(O)C3OCC1(C)C3C2CC(=O)OC. The van der Waals surface area contributed by atoms with Gasteiger partial charge in [-0.05, 0) is 5.92 Å². The number of ether oxygens (including phenoxy) is 2. The fraction of sp³-hybridized carbons (Fsp3) is 0.769. The number of aliphatic hydroxyl groups is 1. The van der Waals surface area contributed by atoms with E-state index in [0.717, 1.165) is 5.57 Å². The van der Waals surface area contributed by atoms with Crippen LogP contribution in [-0.4, -0.2) is 37.0 Å². The molecular formula is C13H18O4. The van der Waals surface area contributed by atoms with Crippen molar-refractivity contribution in [2.45, 2.75) is 25.6 Å². The lowest BCUT2D eigenvalue weighted by Gasteiger charge is -2.31. The summed E-state index contributed by atoms with van der Waals surface area (Å²) in [5.41, 5.74) is 0.991. The van der Waals surface area contributed by atoms with Crippen LogP contribution in [0.4, 0.5) is 0 Å². The number of aliphatic hydroxyl groups excluding tert-OH is 1. The number of carbonyl (C=O) groups is 1. The van der Waals surface area contributed by atoms with Crippen molar-refractivity contribution in [1.29, 1.82) is 0 Å². The highest BCUT2D eigenvalue weighted by atomic mass is 16.5. The Kier molecular flexibility index (Phi) is 2.20. The third kappa shape index (κ3) is 1.17. The van der Waals surface area contributed by atoms with Gasteiger partial charge in [0, 0.05) is 23.7 Å². The van der Waals surface area contributed by atoms with Gasteiger partial charge in [-0.25, -0.2) is 0 Å². The molecule has 3 aliphatic rings. The molecule has 0 aromatic heterocycles. The van der Waals surface area contributed by atoms with E-state index in [1.54, 1.807) is 0 Å². The highest BCUT2D eigenvalue weighted by molar-refractivity contribution is 5.70. The molecule has 1 saturated heterocycles. The average molecular weight is 238 g/mol. The van der Waals surface area contributed by atoms with Crippen molar-refractivity contribution in [1.82, 2.24) is 0 Å². The average Bonchev–Trinajstić information content (AvgIpc) is 2.81. The number of esters is 1. The molecule has 1 heterocycles. The summed E-state index contributed by atoms with van der Waals surface area (Å²) in [7, 11) is 1.40. The summed E-state index contributed by atoms with van der Waals surface area (Å²) >= 11 is 0. The summed E-state index contributed by atoms with van der Waals surface area (Å²) in [4.78, 5) is 11.5. The summed E-state index contributed by atoms with van der Waals surface area (Å²) in [5, 5.41) is 10.2. The molecule has 2 saturated carbocycles. The molecular weight excluding hydrogens is 220 g/mol. The van der Waals surface area contributed by atoms with Crippen molar-refractivity contribution >= 4 is 5.97 Å². The van der Waals surface area contributed by atoms with Gasteiger partial charge in [-0.15, -0.1) is 0 Å². The first-order chi connectivity index (χ1) is 8.00. The first-order valence-electron chi connectivity index (χ1n) is 6.06. The Morgan fingerprint density at radius 2 is 2.41 bits per heavy atom. The van der Waals surface area contributed by atoms with Gasteiger partial charge in [0.1, 0.15) is 0 Å². The van der Waals surface area contributed by atoms with Gasteiger partial charge in [-0.1, -0.05) is 19.1 Å². The summed E-state index contributed by atoms with van der Waals surface area (Å²) in [6.45, 7) is 6.88. The van der Waals surface area contributed by atoms with Crippen LogP contribution in [0.3, 0.4) is 0 Å². The van der Waals surface area contributed by atoms with Gasteiger partial charge in [0.25, 0.3) is 0 Å². The fourth-order valence-electron chi connectivity index (χ4n) is 4.22. The van der Waals surface area contributed by atoms with Crippen LogP contribution < -0.4 is 0 Å². The molecule has 2 aliphatic carbocycles. The van der Waals surface area contributed by atoms with Crippen LogP contribution in [0.25, 0.3) is 0 Å². The minimum absolute atomic E-state index is 0.00315. The second kappa shape index (κ2) is 3.33. The number of hydrogen-bond acceptors (Lipinski definition) is 4. The van der Waals surface area contributed by atoms with Gasteiger partial charge in [-0.3, -0.25) is 4.79 Å². The van der Waals surface area contributed by atoms with Crippen LogP contribution in [0.5, 0.6) is 0 Å². The fourth-order valence-corrected chi connectivity index (χ4v) is 4.22. The van der Waals surface area contributed by atoms with Gasteiger partial charge in [0.2, 0.25) is 0 Å². The molecule has 1 N–H and O–H groups in total. The minimum atomic E-state index is -0.502. The van der Waals surface area contributed by atoms with Crippen molar-refractivity contribution in [3.63, 3.8) is 0 Å². The molecule has 3 rings (SSSR count). The number of fused-ring (bicyclic) bond motifs is 1. The number of hydrogen-bond donors (Lipinski definition) is 1. The Morgan fingerprint density at radius 1 is 1.71 bits per heavy atom. The molecule has 0 amide bonds. The van der Waals surface area contributed by atoms with Gasteiger partial charge < -0.3 is 14.6 Å². The third-order valence-corrected chi connectivity index (χ3v) is 5.06. The maximum Gasteiger partial charge on any atom is 0.305 e. The van der Waals surface area contributed by atoms with E-state index in [1.807, 2.05) is 0 Å². The first kappa shape index (κ1) is 11.2. The number of carbonyl (C=O) groups excluding carboxylic acids is 1. The van der Waals surface area contributed by atoms with Crippen molar-refractivity contribution in [3.8, 4) is 0 Å². The highest BCUT2D eigenvalue weighted by Gasteiger charge is 2.69. The van der Waals surface area contributed by atoms with Crippen LogP contribution in [-0.2, 0) is 14.3 Å². The van der Waals surface area contributed by atoms with Crippen LogP contribution in [0.1, 0.15) is 13.3 Å². The largest absolute Gasteiger partial charge is 0.469 e. The molecule has 1 aliphatic heterocycles. The van der Waals surface area contributed by atoms with Crippen molar-refractivity contribution in [2.75, 3.05) is 13.7 Å². The Balaban J connectivity index is 1.94. The van der Waals surface area contributed by atoms with E-state index in [0.29, 0.717) is 13.0 Å². The van der Waals surface area contributed by atoms with E-state index in [4.69, 9.17) is 9.47 Å². The molecule has 4 heteroatoms. The van der Waals surface area contributed by atoms with Crippen molar-refractivity contribution in [2.24, 2.45) is 23.2 Å². The maximum atomic E-state index is 11.5. The molecule has 0 aromatic carbocycles. The highest BCUT2D eigenvalue weighted by Crippen LogP contribution is 2.66. The Bertz CT molecular complexity index is 391. The molecule has 2 bridgehead atoms. The van der Waals surface area contributed by atoms with Gasteiger partial charge in [-0.2, -0.15) is 0 Å². The van der Waals surface area contributed by atoms with E-state index in [1.165, 1.54) is 7.11 Å². The molecule has 0 radical (unpaired) electrons. The predicted molar refractivity (Wildman–Crippen MR) is 60.1 cm³/mol. The summed E-state index contributed by atoms with van der Waals surface area (Å²) in [6, 6.07) is 0. The van der Waals surface area contributed by atoms with Crippen LogP contribution in [0.15, 0.2) is 12.2 Å². The Hall–Kier alpha value is -0.870. The van der Waals surface area contributed by atoms with E-state index in [9.17, 15) is 9.90 Å². The van der Waals surface area contributed by atoms with Gasteiger partial charge >= 0.3 is 5.97 Å². The number of methoxy groups -OCH3 is 1. The lowest BCUT2D eigenvalue weighted by atomic mass is 9.72. The molecule has 3 fully saturated rings. The molecule has 17 heavy (non-hydrogen) atoms. The zero-order valence-electron chi connectivity index (χ0n) is 10.2. The molecule has 0 aromatic rings. The van der Waals surface area contributed by atoms with Crippen molar-refractivity contribution in [3.05, 3.63) is 12.2 Å². The minimum Gasteiger partial charge on any atom is -0.469 e. The second-order valence-electron chi connectivity index (χ2n) is 5.70. The lowest BCUT2D eigenvalue weighted by molar-refractivity contribution is -0.142. The van der Waals surface area contributed by atoms with Crippen molar-refractivity contribution < 1.29 is 19.4 Å². The molecule has 6 atom stereocenters. The number of rotatable bonds is 2. The first-order valence-corrected chi connectivity index (χ1v) is 6.06. The lowest BCUT2D eigenvalue weighted by Crippen LogP contribution is -2.37. The van der Waals surface area contributed by atoms with E-state index in [2.05, 4.69) is 13.5 Å². The van der Waals surface area contributed by atoms with Crippen LogP contribution >= 0.6 is 0 Å². The topological polar surface area (TPSA) is 55.8 Å². The smallest absolute Gasteiger partial charge is 0.305 e. The van der Waals surface area contributed by atoms with E-state index < -0.39 is 6.10 Å². The van der Waals surface area contributed by atoms with E-state index >= 15 is 0 Å². The normalized spacial score (nSPS) is 51.0. The summed E-state index contributed by atoms with van der Waals surface area (Å²) in [6.07, 6.45) is -0.264. The molecule has 94 valence electrons. The quantitative estimate of drug-likeness (QED) is 0.569. The second-order valence-corrected chi connectivity index (χ2v) is 5.70. The van der Waals surface area contributed by atoms with Crippen LogP contribution in [0.2, 0.25) is 0 Å². The van der Waals surface area contributed by atoms with Crippen LogP contribution in [0, 0.1) is 23.2 Å². The summed E-state index contributed by atoms with van der Waals surface area (Å²) < 4.78 is 10.4. The van der Waals surface area contributed by atoms with E-state index in [-0.39, 0.29) is 35.2 Å². The zero-order chi connectivity index (χ0) is 12.4. The standard InChI is InChI=1S/C13H18O4/c1-6-9-7(4-8(14)16-3)10-12(11(9)15)17-5-13(6,10)2/h7,9-12,15H,1,4-5H2,2-3H3.